The van der Waals surface area contributed by atoms with Gasteiger partial charge >= 0.3 is 0 Å². The molecule has 1 fully saturated rings. The molecule has 0 aliphatic carbocycles. The van der Waals surface area contributed by atoms with Gasteiger partial charge in [-0.25, -0.2) is 0 Å². The molecular weight excluding hydrogens is 312 g/mol. The van der Waals surface area contributed by atoms with Crippen LogP contribution in [0.2, 0.25) is 0 Å². The summed E-state index contributed by atoms with van der Waals surface area (Å²) < 4.78 is 0. The minimum absolute atomic E-state index is 0.135. The quantitative estimate of drug-likeness (QED) is 0.770. The van der Waals surface area contributed by atoms with Crippen LogP contribution in [0.1, 0.15) is 18.9 Å². The van der Waals surface area contributed by atoms with E-state index in [4.69, 9.17) is 0 Å². The monoisotopic (exact) mass is 336 g/mol. The maximum Gasteiger partial charge on any atom is 0.0890 e. The van der Waals surface area contributed by atoms with Gasteiger partial charge in [-0.3, -0.25) is 15.0 Å². The molecule has 0 spiro atoms. The van der Waals surface area contributed by atoms with E-state index >= 15 is 0 Å². The summed E-state index contributed by atoms with van der Waals surface area (Å²) in [5.41, 5.74) is 2.90. The number of hydrogen-bond acceptors (Lipinski definition) is 6. The van der Waals surface area contributed by atoms with Crippen LogP contribution >= 0.6 is 0 Å². The molecular formula is C19H24N6. The van der Waals surface area contributed by atoms with Crippen LogP contribution in [0.4, 0.5) is 0 Å². The largest absolute Gasteiger partial charge is 0.315 e. The molecule has 4 rings (SSSR count). The number of nitrogens with zero attached hydrogens (tertiary/aromatic N) is 3. The third kappa shape index (κ3) is 3.61. The molecule has 3 unspecified atom stereocenters. The van der Waals surface area contributed by atoms with Gasteiger partial charge in [-0.2, -0.15) is 0 Å². The number of aliphatic imine (C=N–C) groups is 1. The van der Waals surface area contributed by atoms with Crippen LogP contribution in [0.25, 0.3) is 11.0 Å². The van der Waals surface area contributed by atoms with Crippen molar-refractivity contribution in [3.05, 3.63) is 48.4 Å². The van der Waals surface area contributed by atoms with Crippen LogP contribution in [0, 0.1) is 0 Å². The van der Waals surface area contributed by atoms with E-state index in [0.29, 0.717) is 6.04 Å². The Balaban J connectivity index is 1.45. The van der Waals surface area contributed by atoms with Gasteiger partial charge in [-0.15, -0.1) is 0 Å². The van der Waals surface area contributed by atoms with Crippen molar-refractivity contribution in [2.45, 2.75) is 37.5 Å². The SMILES string of the molecule is CC1(NC2CCNC2)C=CN=CC1NCc1ccc2nccnc2c1. The van der Waals surface area contributed by atoms with Crippen LogP contribution in [-0.4, -0.2) is 46.9 Å². The summed E-state index contributed by atoms with van der Waals surface area (Å²) in [5.74, 6) is 0. The highest BCUT2D eigenvalue weighted by Crippen LogP contribution is 2.19. The van der Waals surface area contributed by atoms with Crippen LogP contribution in [0.5, 0.6) is 0 Å². The molecule has 6 heteroatoms. The highest BCUT2D eigenvalue weighted by atomic mass is 15.1. The van der Waals surface area contributed by atoms with Crippen LogP contribution in [0.15, 0.2) is 47.9 Å². The lowest BCUT2D eigenvalue weighted by atomic mass is 9.89. The molecule has 2 aromatic rings. The molecule has 3 atom stereocenters. The molecule has 25 heavy (non-hydrogen) atoms. The van der Waals surface area contributed by atoms with Crippen LogP contribution < -0.4 is 16.0 Å². The van der Waals surface area contributed by atoms with Gasteiger partial charge in [-0.05, 0) is 43.7 Å². The summed E-state index contributed by atoms with van der Waals surface area (Å²) in [6, 6.07) is 6.86. The number of benzene rings is 1. The number of rotatable bonds is 5. The standard InChI is InChI=1S/C19H24N6/c1-19(25-15-4-6-20-12-15)5-7-21-13-18(19)24-11-14-2-3-16-17(10-14)23-9-8-22-16/h2-3,5,7-10,13,15,18,20,24-25H,4,6,11-12H2,1H3. The minimum atomic E-state index is -0.144. The van der Waals surface area contributed by atoms with Gasteiger partial charge in [-0.1, -0.05) is 6.07 Å². The zero-order valence-electron chi connectivity index (χ0n) is 14.4. The molecule has 0 amide bonds. The second kappa shape index (κ2) is 7.00. The lowest BCUT2D eigenvalue weighted by Gasteiger charge is -2.38. The maximum atomic E-state index is 4.39. The van der Waals surface area contributed by atoms with E-state index in [1.54, 1.807) is 12.4 Å². The molecule has 6 nitrogen and oxygen atoms in total. The van der Waals surface area contributed by atoms with Gasteiger partial charge in [0.05, 0.1) is 22.6 Å². The summed E-state index contributed by atoms with van der Waals surface area (Å²) in [6.45, 7) is 5.10. The average molecular weight is 336 g/mol. The van der Waals surface area contributed by atoms with Crippen LogP contribution in [0.3, 0.4) is 0 Å². The molecule has 0 bridgehead atoms. The summed E-state index contributed by atoms with van der Waals surface area (Å²) in [7, 11) is 0. The van der Waals surface area contributed by atoms with E-state index in [9.17, 15) is 0 Å². The first-order valence-corrected chi connectivity index (χ1v) is 8.85. The average Bonchev–Trinajstić information content (AvgIpc) is 3.13. The zero-order chi connectivity index (χ0) is 17.1. The lowest BCUT2D eigenvalue weighted by molar-refractivity contribution is 0.328. The molecule has 3 N–H and O–H groups in total. The van der Waals surface area contributed by atoms with E-state index in [1.807, 2.05) is 18.5 Å². The summed E-state index contributed by atoms with van der Waals surface area (Å²) >= 11 is 0. The molecule has 1 aromatic heterocycles. The maximum absolute atomic E-state index is 4.39. The summed E-state index contributed by atoms with van der Waals surface area (Å²) in [4.78, 5) is 13.1. The van der Waals surface area contributed by atoms with Gasteiger partial charge in [0, 0.05) is 43.9 Å². The number of fused-ring (bicyclic) bond motifs is 1. The first-order chi connectivity index (χ1) is 12.2. The molecule has 1 saturated heterocycles. The van der Waals surface area contributed by atoms with E-state index in [2.05, 4.69) is 56.0 Å². The topological polar surface area (TPSA) is 74.2 Å². The van der Waals surface area contributed by atoms with Gasteiger partial charge in [0.1, 0.15) is 0 Å². The predicted octanol–water partition coefficient (Wildman–Crippen LogP) is 1.40. The van der Waals surface area contributed by atoms with E-state index < -0.39 is 0 Å². The van der Waals surface area contributed by atoms with Gasteiger partial charge < -0.3 is 16.0 Å². The molecule has 0 saturated carbocycles. The summed E-state index contributed by atoms with van der Waals surface area (Å²) in [6.07, 6.45) is 10.7. The minimum Gasteiger partial charge on any atom is -0.315 e. The van der Waals surface area contributed by atoms with E-state index in [1.165, 1.54) is 5.56 Å². The smallest absolute Gasteiger partial charge is 0.0890 e. The van der Waals surface area contributed by atoms with Crippen molar-refractivity contribution in [2.24, 2.45) is 4.99 Å². The Labute approximate surface area is 147 Å². The second-order valence-electron chi connectivity index (χ2n) is 6.97. The van der Waals surface area contributed by atoms with E-state index in [0.717, 1.165) is 37.1 Å². The number of hydrogen-bond donors (Lipinski definition) is 3. The predicted molar refractivity (Wildman–Crippen MR) is 101 cm³/mol. The Bertz CT molecular complexity index is 795. The highest BCUT2D eigenvalue weighted by Gasteiger charge is 2.34. The Morgan fingerprint density at radius 3 is 2.96 bits per heavy atom. The zero-order valence-corrected chi connectivity index (χ0v) is 14.4. The Hall–Kier alpha value is -2.15. The molecule has 130 valence electrons. The van der Waals surface area contributed by atoms with Gasteiger partial charge in [0.2, 0.25) is 0 Å². The molecule has 2 aliphatic rings. The van der Waals surface area contributed by atoms with Gasteiger partial charge in [0.25, 0.3) is 0 Å². The molecule has 0 radical (unpaired) electrons. The second-order valence-corrected chi connectivity index (χ2v) is 6.97. The van der Waals surface area contributed by atoms with E-state index in [-0.39, 0.29) is 11.6 Å². The fourth-order valence-corrected chi connectivity index (χ4v) is 3.56. The first kappa shape index (κ1) is 16.3. The Kier molecular flexibility index (Phi) is 4.57. The van der Waals surface area contributed by atoms with Crippen molar-refractivity contribution >= 4 is 17.2 Å². The highest BCUT2D eigenvalue weighted by molar-refractivity contribution is 5.74. The Morgan fingerprint density at radius 1 is 1.24 bits per heavy atom. The summed E-state index contributed by atoms with van der Waals surface area (Å²) in [5, 5.41) is 10.8. The molecule has 1 aromatic carbocycles. The fourth-order valence-electron chi connectivity index (χ4n) is 3.56. The number of nitrogens with one attached hydrogen (secondary N) is 3. The van der Waals surface area contributed by atoms with Crippen molar-refractivity contribution in [3.8, 4) is 0 Å². The fraction of sp³-hybridized carbons (Fsp3) is 0.421. The number of aromatic nitrogens is 2. The van der Waals surface area contributed by atoms with Crippen molar-refractivity contribution < 1.29 is 0 Å². The van der Waals surface area contributed by atoms with Crippen LogP contribution in [-0.2, 0) is 6.54 Å². The lowest BCUT2D eigenvalue weighted by Crippen LogP contribution is -2.61. The first-order valence-electron chi connectivity index (χ1n) is 8.85. The van der Waals surface area contributed by atoms with Crippen molar-refractivity contribution in [3.63, 3.8) is 0 Å². The van der Waals surface area contributed by atoms with Crippen molar-refractivity contribution in [1.29, 1.82) is 0 Å². The molecule has 2 aliphatic heterocycles. The molecule has 3 heterocycles. The third-order valence-electron chi connectivity index (χ3n) is 5.02. The van der Waals surface area contributed by atoms with Crippen molar-refractivity contribution in [1.82, 2.24) is 25.9 Å². The van der Waals surface area contributed by atoms with Gasteiger partial charge in [0.15, 0.2) is 0 Å². The normalized spacial score (nSPS) is 28.7. The third-order valence-corrected chi connectivity index (χ3v) is 5.02. The Morgan fingerprint density at radius 2 is 2.12 bits per heavy atom. The van der Waals surface area contributed by atoms with Crippen molar-refractivity contribution in [2.75, 3.05) is 13.1 Å².